The first kappa shape index (κ1) is 9.75. The van der Waals surface area contributed by atoms with Crippen LogP contribution >= 0.6 is 0 Å². The van der Waals surface area contributed by atoms with Crippen molar-refractivity contribution in [3.63, 3.8) is 0 Å². The number of hydrogen-bond acceptors (Lipinski definition) is 2. The number of rotatable bonds is 2. The van der Waals surface area contributed by atoms with Crippen LogP contribution in [-0.4, -0.2) is 4.98 Å². The highest BCUT2D eigenvalue weighted by atomic mass is 14.7. The first-order chi connectivity index (χ1) is 7.26. The predicted molar refractivity (Wildman–Crippen MR) is 60.2 cm³/mol. The number of nitrogens with one attached hydrogen (secondary N) is 1. The third-order valence-electron chi connectivity index (χ3n) is 2.68. The van der Waals surface area contributed by atoms with Crippen LogP contribution in [0, 0.1) is 11.3 Å². The fourth-order valence-corrected chi connectivity index (χ4v) is 1.74. The number of nitriles is 1. The number of H-pyrrole nitrogens is 1. The van der Waals surface area contributed by atoms with Crippen molar-refractivity contribution in [2.24, 2.45) is 5.73 Å². The molecule has 0 fully saturated rings. The number of aromatic nitrogens is 1. The summed E-state index contributed by atoms with van der Waals surface area (Å²) in [7, 11) is 0. The molecule has 3 N–H and O–H groups in total. The lowest BCUT2D eigenvalue weighted by Gasteiger charge is -2.06. The molecule has 1 atom stereocenters. The quantitative estimate of drug-likeness (QED) is 0.780. The molecule has 0 saturated heterocycles. The lowest BCUT2D eigenvalue weighted by atomic mass is 10.0. The van der Waals surface area contributed by atoms with E-state index < -0.39 is 0 Å². The van der Waals surface area contributed by atoms with Crippen LogP contribution in [0.4, 0.5) is 0 Å². The molecule has 0 radical (unpaired) electrons. The smallest absolute Gasteiger partial charge is 0.0991 e. The predicted octanol–water partition coefficient (Wildman–Crippen LogP) is 2.45. The summed E-state index contributed by atoms with van der Waals surface area (Å²) in [4.78, 5) is 3.17. The Morgan fingerprint density at radius 3 is 3.00 bits per heavy atom. The molecule has 1 aromatic carbocycles. The van der Waals surface area contributed by atoms with E-state index in [1.54, 1.807) is 6.07 Å². The minimum absolute atomic E-state index is 0.0349. The molecule has 0 bridgehead atoms. The van der Waals surface area contributed by atoms with E-state index in [2.05, 4.69) is 18.0 Å². The van der Waals surface area contributed by atoms with Crippen LogP contribution in [0.3, 0.4) is 0 Å². The molecule has 2 aromatic rings. The van der Waals surface area contributed by atoms with Gasteiger partial charge in [0.05, 0.1) is 11.6 Å². The number of aromatic amines is 1. The Morgan fingerprint density at radius 2 is 2.33 bits per heavy atom. The van der Waals surface area contributed by atoms with Crippen molar-refractivity contribution in [1.29, 1.82) is 5.26 Å². The number of nitrogens with two attached hydrogens (primary N) is 1. The summed E-state index contributed by atoms with van der Waals surface area (Å²) in [5.41, 5.74) is 8.79. The van der Waals surface area contributed by atoms with E-state index in [1.165, 1.54) is 0 Å². The number of nitrogens with zero attached hydrogens (tertiary/aromatic N) is 1. The molecule has 1 heterocycles. The van der Waals surface area contributed by atoms with E-state index in [-0.39, 0.29) is 6.04 Å². The van der Waals surface area contributed by atoms with Gasteiger partial charge in [-0.15, -0.1) is 0 Å². The molecular formula is C12H13N3. The summed E-state index contributed by atoms with van der Waals surface area (Å²) in [6.45, 7) is 2.05. The molecule has 0 spiro atoms. The average Bonchev–Trinajstić information content (AvgIpc) is 2.70. The van der Waals surface area contributed by atoms with Gasteiger partial charge in [0, 0.05) is 23.1 Å². The summed E-state index contributed by atoms with van der Waals surface area (Å²) >= 11 is 0. The molecule has 3 heteroatoms. The van der Waals surface area contributed by atoms with E-state index in [0.29, 0.717) is 5.56 Å². The fraction of sp³-hybridized carbons (Fsp3) is 0.250. The molecule has 2 rings (SSSR count). The van der Waals surface area contributed by atoms with E-state index >= 15 is 0 Å². The van der Waals surface area contributed by atoms with Crippen LogP contribution in [0.5, 0.6) is 0 Å². The normalized spacial score (nSPS) is 12.6. The average molecular weight is 199 g/mol. The molecule has 0 aliphatic carbocycles. The van der Waals surface area contributed by atoms with Crippen molar-refractivity contribution >= 4 is 10.9 Å². The highest BCUT2D eigenvalue weighted by Gasteiger charge is 2.09. The van der Waals surface area contributed by atoms with Crippen LogP contribution < -0.4 is 5.73 Å². The van der Waals surface area contributed by atoms with E-state index in [0.717, 1.165) is 22.9 Å². The Labute approximate surface area is 88.5 Å². The van der Waals surface area contributed by atoms with Gasteiger partial charge in [-0.3, -0.25) is 0 Å². The van der Waals surface area contributed by atoms with Gasteiger partial charge < -0.3 is 10.7 Å². The van der Waals surface area contributed by atoms with Crippen molar-refractivity contribution in [2.75, 3.05) is 0 Å². The van der Waals surface area contributed by atoms with Gasteiger partial charge in [0.2, 0.25) is 0 Å². The lowest BCUT2D eigenvalue weighted by Crippen LogP contribution is -2.07. The van der Waals surface area contributed by atoms with Crippen molar-refractivity contribution < 1.29 is 0 Å². The summed E-state index contributed by atoms with van der Waals surface area (Å²) in [5, 5.41) is 9.89. The molecule has 0 saturated carbocycles. The lowest BCUT2D eigenvalue weighted by molar-refractivity contribution is 0.704. The first-order valence-electron chi connectivity index (χ1n) is 5.03. The first-order valence-corrected chi connectivity index (χ1v) is 5.03. The molecule has 76 valence electrons. The van der Waals surface area contributed by atoms with Crippen LogP contribution in [0.2, 0.25) is 0 Å². The third-order valence-corrected chi connectivity index (χ3v) is 2.68. The van der Waals surface area contributed by atoms with E-state index in [9.17, 15) is 0 Å². The number of hydrogen-bond donors (Lipinski definition) is 2. The van der Waals surface area contributed by atoms with Crippen LogP contribution in [0.1, 0.15) is 30.5 Å². The van der Waals surface area contributed by atoms with E-state index in [4.69, 9.17) is 11.0 Å². The van der Waals surface area contributed by atoms with Gasteiger partial charge in [0.1, 0.15) is 0 Å². The molecule has 15 heavy (non-hydrogen) atoms. The highest BCUT2D eigenvalue weighted by Crippen LogP contribution is 2.25. The fourth-order valence-electron chi connectivity index (χ4n) is 1.74. The minimum atomic E-state index is 0.0349. The zero-order chi connectivity index (χ0) is 10.8. The molecule has 0 aliphatic heterocycles. The number of benzene rings is 1. The second-order valence-electron chi connectivity index (χ2n) is 3.63. The molecule has 0 unspecified atom stereocenters. The summed E-state index contributed by atoms with van der Waals surface area (Å²) in [6, 6.07) is 7.78. The van der Waals surface area contributed by atoms with Gasteiger partial charge in [-0.05, 0) is 30.2 Å². The Hall–Kier alpha value is -1.79. The molecule has 1 aromatic heterocycles. The Kier molecular flexibility index (Phi) is 2.44. The maximum Gasteiger partial charge on any atom is 0.0991 e. The SMILES string of the molecule is CC[C@H](N)c1c[nH]c2ccc(C#N)cc12. The zero-order valence-electron chi connectivity index (χ0n) is 8.62. The Balaban J connectivity index is 2.62. The van der Waals surface area contributed by atoms with Gasteiger partial charge in [-0.1, -0.05) is 6.92 Å². The van der Waals surface area contributed by atoms with Gasteiger partial charge in [-0.2, -0.15) is 5.26 Å². The Morgan fingerprint density at radius 1 is 1.53 bits per heavy atom. The highest BCUT2D eigenvalue weighted by molar-refractivity contribution is 5.85. The number of fused-ring (bicyclic) bond motifs is 1. The molecule has 0 amide bonds. The second kappa shape index (κ2) is 3.76. The maximum absolute atomic E-state index is 8.83. The van der Waals surface area contributed by atoms with Crippen LogP contribution in [-0.2, 0) is 0 Å². The summed E-state index contributed by atoms with van der Waals surface area (Å²) in [5.74, 6) is 0. The summed E-state index contributed by atoms with van der Waals surface area (Å²) < 4.78 is 0. The van der Waals surface area contributed by atoms with Gasteiger partial charge >= 0.3 is 0 Å². The standard InChI is InChI=1S/C12H13N3/c1-2-11(14)10-7-15-12-4-3-8(6-13)5-9(10)12/h3-5,7,11,15H,2,14H2,1H3/t11-/m0/s1. The Bertz CT molecular complexity index is 519. The zero-order valence-corrected chi connectivity index (χ0v) is 8.62. The summed E-state index contributed by atoms with van der Waals surface area (Å²) in [6.07, 6.45) is 2.82. The maximum atomic E-state index is 8.83. The monoisotopic (exact) mass is 199 g/mol. The topological polar surface area (TPSA) is 65.6 Å². The van der Waals surface area contributed by atoms with Gasteiger partial charge in [-0.25, -0.2) is 0 Å². The van der Waals surface area contributed by atoms with Crippen molar-refractivity contribution in [3.8, 4) is 6.07 Å². The van der Waals surface area contributed by atoms with Crippen LogP contribution in [0.25, 0.3) is 10.9 Å². The van der Waals surface area contributed by atoms with Crippen molar-refractivity contribution in [3.05, 3.63) is 35.5 Å². The second-order valence-corrected chi connectivity index (χ2v) is 3.63. The molecule has 0 aliphatic rings. The minimum Gasteiger partial charge on any atom is -0.361 e. The van der Waals surface area contributed by atoms with E-state index in [1.807, 2.05) is 18.3 Å². The molecule has 3 nitrogen and oxygen atoms in total. The van der Waals surface area contributed by atoms with Gasteiger partial charge in [0.15, 0.2) is 0 Å². The van der Waals surface area contributed by atoms with Crippen molar-refractivity contribution in [1.82, 2.24) is 4.98 Å². The van der Waals surface area contributed by atoms with Crippen molar-refractivity contribution in [2.45, 2.75) is 19.4 Å². The van der Waals surface area contributed by atoms with Crippen LogP contribution in [0.15, 0.2) is 24.4 Å². The molecular weight excluding hydrogens is 186 g/mol. The largest absolute Gasteiger partial charge is 0.361 e. The third kappa shape index (κ3) is 1.60. The van der Waals surface area contributed by atoms with Gasteiger partial charge in [0.25, 0.3) is 0 Å².